The molecular weight excluding hydrogens is 342 g/mol. The zero-order valence-corrected chi connectivity index (χ0v) is 16.8. The molecule has 1 heterocycles. The van der Waals surface area contributed by atoms with Crippen LogP contribution in [-0.2, 0) is 14.8 Å². The Labute approximate surface area is 153 Å². The molecule has 0 amide bonds. The van der Waals surface area contributed by atoms with Crippen LogP contribution in [0.15, 0.2) is 4.99 Å². The number of morpholine rings is 1. The monoisotopic (exact) mass is 377 g/mol. The number of rotatable bonds is 11. The van der Waals surface area contributed by atoms with Gasteiger partial charge in [0.25, 0.3) is 0 Å². The highest BCUT2D eigenvalue weighted by molar-refractivity contribution is 7.88. The molecule has 0 atom stereocenters. The summed E-state index contributed by atoms with van der Waals surface area (Å²) in [6, 6.07) is 0. The van der Waals surface area contributed by atoms with Crippen molar-refractivity contribution in [1.29, 1.82) is 0 Å². The maximum absolute atomic E-state index is 11.6. The number of ether oxygens (including phenoxy) is 1. The van der Waals surface area contributed by atoms with Crippen molar-refractivity contribution in [3.8, 4) is 0 Å². The molecule has 0 aromatic heterocycles. The van der Waals surface area contributed by atoms with Crippen molar-refractivity contribution in [3.05, 3.63) is 0 Å². The predicted octanol–water partition coefficient (Wildman–Crippen LogP) is -0.0646. The molecule has 0 aromatic carbocycles. The van der Waals surface area contributed by atoms with Gasteiger partial charge in [0.2, 0.25) is 10.0 Å². The lowest BCUT2D eigenvalue weighted by Crippen LogP contribution is -2.40. The number of nitrogens with one attached hydrogen (secondary N) is 2. The maximum atomic E-state index is 11.6. The Bertz CT molecular complexity index is 478. The van der Waals surface area contributed by atoms with E-state index in [1.165, 1.54) is 10.6 Å². The van der Waals surface area contributed by atoms with Crippen LogP contribution in [0.5, 0.6) is 0 Å². The van der Waals surface area contributed by atoms with Gasteiger partial charge in [-0.2, -0.15) is 0 Å². The molecule has 1 saturated heterocycles. The van der Waals surface area contributed by atoms with E-state index >= 15 is 0 Å². The summed E-state index contributed by atoms with van der Waals surface area (Å²) < 4.78 is 29.9. The van der Waals surface area contributed by atoms with Gasteiger partial charge in [0.15, 0.2) is 5.96 Å². The summed E-state index contributed by atoms with van der Waals surface area (Å²) in [6.45, 7) is 11.9. The van der Waals surface area contributed by atoms with Crippen LogP contribution >= 0.6 is 0 Å². The third kappa shape index (κ3) is 9.98. The highest BCUT2D eigenvalue weighted by Crippen LogP contribution is 1.99. The van der Waals surface area contributed by atoms with Gasteiger partial charge in [-0.1, -0.05) is 6.92 Å². The van der Waals surface area contributed by atoms with E-state index in [0.29, 0.717) is 26.1 Å². The number of aliphatic imine (C=N–C) groups is 1. The summed E-state index contributed by atoms with van der Waals surface area (Å²) >= 11 is 0. The highest BCUT2D eigenvalue weighted by Gasteiger charge is 2.13. The molecule has 1 aliphatic rings. The van der Waals surface area contributed by atoms with Crippen LogP contribution in [-0.4, -0.2) is 95.4 Å². The molecule has 25 heavy (non-hydrogen) atoms. The van der Waals surface area contributed by atoms with Gasteiger partial charge in [-0.15, -0.1) is 0 Å². The Balaban J connectivity index is 2.25. The van der Waals surface area contributed by atoms with Gasteiger partial charge >= 0.3 is 0 Å². The van der Waals surface area contributed by atoms with Gasteiger partial charge in [-0.3, -0.25) is 9.89 Å². The standard InChI is InChI=1S/C16H35N5O3S/c1-4-17-16(18-8-6-10-20-12-14-24-15-13-20)19-9-7-11-21(5-2)25(3,22)23/h4-15H2,1-3H3,(H2,17,18,19). The minimum absolute atomic E-state index is 0.502. The van der Waals surface area contributed by atoms with Crippen LogP contribution in [0.1, 0.15) is 26.7 Å². The molecule has 8 nitrogen and oxygen atoms in total. The van der Waals surface area contributed by atoms with Crippen LogP contribution in [0.2, 0.25) is 0 Å². The molecule has 0 bridgehead atoms. The molecule has 0 spiro atoms. The first-order chi connectivity index (χ1) is 12.0. The number of hydrogen-bond donors (Lipinski definition) is 2. The van der Waals surface area contributed by atoms with E-state index in [0.717, 1.165) is 58.3 Å². The molecule has 0 saturated carbocycles. The molecule has 1 aliphatic heterocycles. The van der Waals surface area contributed by atoms with Crippen molar-refractivity contribution < 1.29 is 13.2 Å². The van der Waals surface area contributed by atoms with E-state index in [1.54, 1.807) is 0 Å². The highest BCUT2D eigenvalue weighted by atomic mass is 32.2. The number of sulfonamides is 1. The Hall–Kier alpha value is -0.900. The zero-order chi connectivity index (χ0) is 18.5. The SMILES string of the molecule is CCNC(=NCCCN(CC)S(C)(=O)=O)NCCCN1CCOCC1. The minimum atomic E-state index is -3.11. The molecule has 0 aromatic rings. The smallest absolute Gasteiger partial charge is 0.211 e. The molecule has 0 aliphatic carbocycles. The lowest BCUT2D eigenvalue weighted by Gasteiger charge is -2.26. The van der Waals surface area contributed by atoms with Crippen LogP contribution in [0.3, 0.4) is 0 Å². The third-order valence-corrected chi connectivity index (χ3v) is 5.43. The quantitative estimate of drug-likeness (QED) is 0.298. The summed E-state index contributed by atoms with van der Waals surface area (Å²) in [4.78, 5) is 6.94. The van der Waals surface area contributed by atoms with Gasteiger partial charge in [0.05, 0.1) is 19.5 Å². The summed E-state index contributed by atoms with van der Waals surface area (Å²) in [7, 11) is -3.11. The molecule has 1 rings (SSSR count). The van der Waals surface area contributed by atoms with Crippen molar-refractivity contribution in [2.24, 2.45) is 4.99 Å². The normalized spacial score (nSPS) is 17.0. The van der Waals surface area contributed by atoms with Gasteiger partial charge < -0.3 is 15.4 Å². The number of nitrogens with zero attached hydrogens (tertiary/aromatic N) is 3. The summed E-state index contributed by atoms with van der Waals surface area (Å²) in [5.41, 5.74) is 0. The first-order valence-electron chi connectivity index (χ1n) is 9.24. The molecule has 2 N–H and O–H groups in total. The second-order valence-corrected chi connectivity index (χ2v) is 8.09. The Morgan fingerprint density at radius 3 is 2.52 bits per heavy atom. The first kappa shape index (κ1) is 22.1. The molecule has 148 valence electrons. The fraction of sp³-hybridized carbons (Fsp3) is 0.938. The van der Waals surface area contributed by atoms with E-state index in [-0.39, 0.29) is 0 Å². The lowest BCUT2D eigenvalue weighted by molar-refractivity contribution is 0.0376. The third-order valence-electron chi connectivity index (χ3n) is 4.05. The Morgan fingerprint density at radius 1 is 1.20 bits per heavy atom. The van der Waals surface area contributed by atoms with Crippen LogP contribution in [0.4, 0.5) is 0 Å². The van der Waals surface area contributed by atoms with E-state index in [4.69, 9.17) is 4.74 Å². The maximum Gasteiger partial charge on any atom is 0.211 e. The van der Waals surface area contributed by atoms with Crippen LogP contribution in [0.25, 0.3) is 0 Å². The van der Waals surface area contributed by atoms with Gasteiger partial charge in [0.1, 0.15) is 0 Å². The average molecular weight is 378 g/mol. The van der Waals surface area contributed by atoms with Crippen molar-refractivity contribution in [1.82, 2.24) is 19.8 Å². The summed E-state index contributed by atoms with van der Waals surface area (Å²) in [6.07, 6.45) is 3.02. The Morgan fingerprint density at radius 2 is 1.92 bits per heavy atom. The lowest BCUT2D eigenvalue weighted by atomic mass is 10.3. The van der Waals surface area contributed by atoms with Gasteiger partial charge in [-0.25, -0.2) is 12.7 Å². The zero-order valence-electron chi connectivity index (χ0n) is 16.0. The van der Waals surface area contributed by atoms with Crippen molar-refractivity contribution in [2.75, 3.05) is 71.8 Å². The van der Waals surface area contributed by atoms with Crippen molar-refractivity contribution in [3.63, 3.8) is 0 Å². The summed E-state index contributed by atoms with van der Waals surface area (Å²) in [5, 5.41) is 6.57. The van der Waals surface area contributed by atoms with Crippen molar-refractivity contribution in [2.45, 2.75) is 26.7 Å². The molecular formula is C16H35N5O3S. The minimum Gasteiger partial charge on any atom is -0.379 e. The Kier molecular flexibility index (Phi) is 11.0. The largest absolute Gasteiger partial charge is 0.379 e. The van der Waals surface area contributed by atoms with Gasteiger partial charge in [0, 0.05) is 45.8 Å². The van der Waals surface area contributed by atoms with E-state index in [9.17, 15) is 8.42 Å². The van der Waals surface area contributed by atoms with Gasteiger partial charge in [-0.05, 0) is 26.3 Å². The molecule has 9 heteroatoms. The topological polar surface area (TPSA) is 86.3 Å². The van der Waals surface area contributed by atoms with E-state index in [2.05, 4.69) is 20.5 Å². The number of hydrogen-bond acceptors (Lipinski definition) is 5. The summed E-state index contributed by atoms with van der Waals surface area (Å²) in [5.74, 6) is 0.798. The molecule has 0 radical (unpaired) electrons. The van der Waals surface area contributed by atoms with E-state index in [1.807, 2.05) is 13.8 Å². The fourth-order valence-corrected chi connectivity index (χ4v) is 3.60. The molecule has 1 fully saturated rings. The predicted molar refractivity (Wildman–Crippen MR) is 103 cm³/mol. The second kappa shape index (κ2) is 12.5. The average Bonchev–Trinajstić information content (AvgIpc) is 2.58. The second-order valence-electron chi connectivity index (χ2n) is 6.10. The van der Waals surface area contributed by atoms with Crippen LogP contribution in [0, 0.1) is 0 Å². The van der Waals surface area contributed by atoms with E-state index < -0.39 is 10.0 Å². The van der Waals surface area contributed by atoms with Crippen LogP contribution < -0.4 is 10.6 Å². The number of guanidine groups is 1. The first-order valence-corrected chi connectivity index (χ1v) is 11.1. The molecule has 0 unspecified atom stereocenters. The van der Waals surface area contributed by atoms with Crippen molar-refractivity contribution >= 4 is 16.0 Å². The fourth-order valence-electron chi connectivity index (χ4n) is 2.67.